The summed E-state index contributed by atoms with van der Waals surface area (Å²) in [5, 5.41) is 26.5. The molecule has 0 aliphatic heterocycles. The molecule has 2 heterocycles. The number of aliphatic carboxylic acids is 1. The first-order valence-corrected chi connectivity index (χ1v) is 10.4. The van der Waals surface area contributed by atoms with E-state index < -0.39 is 17.9 Å². The van der Waals surface area contributed by atoms with Gasteiger partial charge >= 0.3 is 12.0 Å². The number of hydrogen-bond donors (Lipinski definition) is 3. The summed E-state index contributed by atoms with van der Waals surface area (Å²) in [4.78, 5) is 33.1. The Hall–Kier alpha value is -2.51. The van der Waals surface area contributed by atoms with E-state index in [0.29, 0.717) is 11.6 Å². The Morgan fingerprint density at radius 2 is 2.07 bits per heavy atom. The average molecular weight is 422 g/mol. The van der Waals surface area contributed by atoms with E-state index in [1.54, 1.807) is 0 Å². The van der Waals surface area contributed by atoms with Crippen LogP contribution >= 0.6 is 22.7 Å². The minimum atomic E-state index is -0.867. The molecule has 2 aromatic heterocycles. The minimum absolute atomic E-state index is 0.251. The number of urea groups is 1. The number of rotatable bonds is 7. The number of carboxylic acid groups (broad SMARTS) is 1. The number of aryl methyl sites for hydroxylation is 1. The molecule has 0 spiro atoms. The van der Waals surface area contributed by atoms with Crippen LogP contribution in [0, 0.1) is 29.6 Å². The standard InChI is InChI=1S/C18H23N5O3S2/c1-10-14(12-9-27-13(22-12)5-7-19)28-17(21-10)23-16(26)20-8-6-11(15(24)25)18(2,3)4/h9,11H,5-6,8H2,1-4H3,(H,24,25)(H2,20,21,23,26). The molecule has 2 amide bonds. The number of carbonyl (C=O) groups is 2. The Kier molecular flexibility index (Phi) is 7.10. The van der Waals surface area contributed by atoms with Crippen LogP contribution in [0.25, 0.3) is 10.6 Å². The normalized spacial score (nSPS) is 12.2. The number of nitrogens with one attached hydrogen (secondary N) is 2. The molecule has 2 aromatic rings. The summed E-state index contributed by atoms with van der Waals surface area (Å²) < 4.78 is 0. The van der Waals surface area contributed by atoms with E-state index in [0.717, 1.165) is 21.3 Å². The van der Waals surface area contributed by atoms with E-state index in [9.17, 15) is 14.7 Å². The van der Waals surface area contributed by atoms with E-state index in [4.69, 9.17) is 5.26 Å². The smallest absolute Gasteiger partial charge is 0.321 e. The average Bonchev–Trinajstić information content (AvgIpc) is 3.16. The van der Waals surface area contributed by atoms with Gasteiger partial charge in [-0.2, -0.15) is 5.26 Å². The molecule has 0 aromatic carbocycles. The number of amides is 2. The second-order valence-electron chi connectivity index (χ2n) is 7.32. The molecule has 10 heteroatoms. The zero-order chi connectivity index (χ0) is 20.9. The van der Waals surface area contributed by atoms with E-state index in [-0.39, 0.29) is 18.4 Å². The third-order valence-corrected chi connectivity index (χ3v) is 6.04. The largest absolute Gasteiger partial charge is 0.481 e. The molecule has 0 radical (unpaired) electrons. The van der Waals surface area contributed by atoms with Gasteiger partial charge in [0.1, 0.15) is 5.01 Å². The number of aromatic nitrogens is 2. The predicted molar refractivity (Wildman–Crippen MR) is 109 cm³/mol. The van der Waals surface area contributed by atoms with Crippen molar-refractivity contribution >= 4 is 39.8 Å². The van der Waals surface area contributed by atoms with Crippen molar-refractivity contribution < 1.29 is 14.7 Å². The molecule has 1 unspecified atom stereocenters. The van der Waals surface area contributed by atoms with Gasteiger partial charge in [0.05, 0.1) is 34.7 Å². The molecule has 0 aliphatic carbocycles. The highest BCUT2D eigenvalue weighted by Gasteiger charge is 2.30. The first-order valence-electron chi connectivity index (χ1n) is 8.68. The summed E-state index contributed by atoms with van der Waals surface area (Å²) in [5.74, 6) is -1.41. The molecule has 8 nitrogen and oxygen atoms in total. The van der Waals surface area contributed by atoms with Crippen LogP contribution < -0.4 is 10.6 Å². The second-order valence-corrected chi connectivity index (χ2v) is 9.26. The van der Waals surface area contributed by atoms with Crippen molar-refractivity contribution in [2.75, 3.05) is 11.9 Å². The lowest BCUT2D eigenvalue weighted by Crippen LogP contribution is -2.35. The summed E-state index contributed by atoms with van der Waals surface area (Å²) in [7, 11) is 0. The number of thiazole rings is 2. The quantitative estimate of drug-likeness (QED) is 0.622. The van der Waals surface area contributed by atoms with E-state index in [1.807, 2.05) is 33.1 Å². The molecule has 0 aliphatic rings. The zero-order valence-corrected chi connectivity index (χ0v) is 17.8. The van der Waals surface area contributed by atoms with Crippen LogP contribution in [0.1, 0.15) is 37.9 Å². The van der Waals surface area contributed by atoms with E-state index in [1.165, 1.54) is 22.7 Å². The number of nitrogens with zero attached hydrogens (tertiary/aromatic N) is 3. The Balaban J connectivity index is 1.94. The third-order valence-electron chi connectivity index (χ3n) is 4.09. The fourth-order valence-corrected chi connectivity index (χ4v) is 4.36. The molecule has 0 bridgehead atoms. The fraction of sp³-hybridized carbons (Fsp3) is 0.500. The Morgan fingerprint density at radius 3 is 2.68 bits per heavy atom. The molecule has 3 N–H and O–H groups in total. The highest BCUT2D eigenvalue weighted by molar-refractivity contribution is 7.19. The number of hydrogen-bond acceptors (Lipinski definition) is 7. The molecule has 0 fully saturated rings. The van der Waals surface area contributed by atoms with Gasteiger partial charge in [0.25, 0.3) is 0 Å². The van der Waals surface area contributed by atoms with Gasteiger partial charge < -0.3 is 10.4 Å². The van der Waals surface area contributed by atoms with Crippen molar-refractivity contribution in [2.45, 2.75) is 40.5 Å². The second kappa shape index (κ2) is 9.12. The molecule has 1 atom stereocenters. The molecular formula is C18H23N5O3S2. The zero-order valence-electron chi connectivity index (χ0n) is 16.2. The Labute approximate surface area is 171 Å². The van der Waals surface area contributed by atoms with E-state index in [2.05, 4.69) is 26.7 Å². The highest BCUT2D eigenvalue weighted by Crippen LogP contribution is 2.33. The monoisotopic (exact) mass is 421 g/mol. The topological polar surface area (TPSA) is 128 Å². The first-order chi connectivity index (χ1) is 13.1. The number of nitriles is 1. The van der Waals surface area contributed by atoms with Crippen molar-refractivity contribution in [1.29, 1.82) is 5.26 Å². The molecule has 150 valence electrons. The molecule has 0 saturated heterocycles. The van der Waals surface area contributed by atoms with Crippen LogP contribution in [0.5, 0.6) is 0 Å². The summed E-state index contributed by atoms with van der Waals surface area (Å²) in [6.07, 6.45) is 0.608. The van der Waals surface area contributed by atoms with Crippen LogP contribution in [-0.4, -0.2) is 33.6 Å². The Bertz CT molecular complexity index is 892. The maximum atomic E-state index is 12.1. The lowest BCUT2D eigenvalue weighted by atomic mass is 9.79. The third kappa shape index (κ3) is 5.74. The maximum Gasteiger partial charge on any atom is 0.321 e. The molecule has 2 rings (SSSR count). The van der Waals surface area contributed by atoms with Gasteiger partial charge in [0.15, 0.2) is 5.13 Å². The van der Waals surface area contributed by atoms with Crippen LogP contribution in [0.4, 0.5) is 9.93 Å². The van der Waals surface area contributed by atoms with Crippen molar-refractivity contribution in [3.05, 3.63) is 16.1 Å². The summed E-state index contributed by atoms with van der Waals surface area (Å²) >= 11 is 2.72. The summed E-state index contributed by atoms with van der Waals surface area (Å²) in [6, 6.07) is 1.64. The predicted octanol–water partition coefficient (Wildman–Crippen LogP) is 3.90. The van der Waals surface area contributed by atoms with Gasteiger partial charge in [-0.3, -0.25) is 10.1 Å². The van der Waals surface area contributed by atoms with Crippen molar-refractivity contribution in [3.63, 3.8) is 0 Å². The lowest BCUT2D eigenvalue weighted by Gasteiger charge is -2.26. The number of carboxylic acids is 1. The SMILES string of the molecule is Cc1nc(NC(=O)NCCC(C(=O)O)C(C)(C)C)sc1-c1csc(CC#N)n1. The number of carbonyl (C=O) groups excluding carboxylic acids is 1. The number of anilines is 1. The van der Waals surface area contributed by atoms with E-state index >= 15 is 0 Å². The van der Waals surface area contributed by atoms with Gasteiger partial charge in [0, 0.05) is 11.9 Å². The van der Waals surface area contributed by atoms with Crippen LogP contribution in [-0.2, 0) is 11.2 Å². The molecule has 28 heavy (non-hydrogen) atoms. The van der Waals surface area contributed by atoms with Gasteiger partial charge in [-0.15, -0.1) is 11.3 Å². The Morgan fingerprint density at radius 1 is 1.36 bits per heavy atom. The minimum Gasteiger partial charge on any atom is -0.481 e. The summed E-state index contributed by atoms with van der Waals surface area (Å²) in [5.41, 5.74) is 1.10. The summed E-state index contributed by atoms with van der Waals surface area (Å²) in [6.45, 7) is 7.69. The van der Waals surface area contributed by atoms with Gasteiger partial charge in [0.2, 0.25) is 0 Å². The van der Waals surface area contributed by atoms with Crippen molar-refractivity contribution in [3.8, 4) is 16.6 Å². The molecule has 0 saturated carbocycles. The fourth-order valence-electron chi connectivity index (χ4n) is 2.65. The van der Waals surface area contributed by atoms with Crippen LogP contribution in [0.15, 0.2) is 5.38 Å². The van der Waals surface area contributed by atoms with Crippen molar-refractivity contribution in [1.82, 2.24) is 15.3 Å². The maximum absolute atomic E-state index is 12.1. The van der Waals surface area contributed by atoms with Gasteiger partial charge in [-0.05, 0) is 18.8 Å². The van der Waals surface area contributed by atoms with Gasteiger partial charge in [-0.25, -0.2) is 14.8 Å². The van der Waals surface area contributed by atoms with Gasteiger partial charge in [-0.1, -0.05) is 32.1 Å². The van der Waals surface area contributed by atoms with Crippen molar-refractivity contribution in [2.24, 2.45) is 11.3 Å². The lowest BCUT2D eigenvalue weighted by molar-refractivity contribution is -0.145. The van der Waals surface area contributed by atoms with Crippen LogP contribution in [0.2, 0.25) is 0 Å². The molecular weight excluding hydrogens is 398 g/mol. The highest BCUT2D eigenvalue weighted by atomic mass is 32.1. The first kappa shape index (κ1) is 21.8. The van der Waals surface area contributed by atoms with Crippen LogP contribution in [0.3, 0.4) is 0 Å².